The van der Waals surface area contributed by atoms with Crippen LogP contribution >= 0.6 is 11.6 Å². The first-order valence-corrected chi connectivity index (χ1v) is 8.94. The largest absolute Gasteiger partial charge is 0.416 e. The molecule has 3 rings (SSSR count). The Morgan fingerprint density at radius 3 is 2.45 bits per heavy atom. The zero-order valence-electron chi connectivity index (χ0n) is 15.5. The molecule has 1 aromatic heterocycles. The van der Waals surface area contributed by atoms with Gasteiger partial charge in [0, 0.05) is 17.6 Å². The molecule has 0 bridgehead atoms. The molecule has 0 N–H and O–H groups in total. The van der Waals surface area contributed by atoms with Gasteiger partial charge in [0.05, 0.1) is 17.2 Å². The van der Waals surface area contributed by atoms with E-state index in [0.29, 0.717) is 22.7 Å². The normalized spacial score (nSPS) is 12.1. The highest BCUT2D eigenvalue weighted by Gasteiger charge is 2.30. The average molecular weight is 418 g/mol. The van der Waals surface area contributed by atoms with Crippen LogP contribution in [0.2, 0.25) is 5.02 Å². The molecule has 1 heterocycles. The zero-order valence-corrected chi connectivity index (χ0v) is 16.3. The Kier molecular flexibility index (Phi) is 5.76. The molecule has 148 valence electrons. The van der Waals surface area contributed by atoms with Gasteiger partial charge < -0.3 is 4.42 Å². The maximum Gasteiger partial charge on any atom is 0.416 e. The van der Waals surface area contributed by atoms with Crippen molar-refractivity contribution in [1.82, 2.24) is 10.2 Å². The van der Waals surface area contributed by atoms with E-state index in [-0.39, 0.29) is 11.8 Å². The summed E-state index contributed by atoms with van der Waals surface area (Å²) in [5.41, 5.74) is 2.48. The van der Waals surface area contributed by atoms with Crippen molar-refractivity contribution >= 4 is 22.9 Å². The number of halogens is 4. The van der Waals surface area contributed by atoms with E-state index in [1.165, 1.54) is 12.1 Å². The Morgan fingerprint density at radius 2 is 1.86 bits per heavy atom. The monoisotopic (exact) mass is 417 g/mol. The van der Waals surface area contributed by atoms with Crippen molar-refractivity contribution < 1.29 is 17.6 Å². The Labute approximate surface area is 170 Å². The van der Waals surface area contributed by atoms with Gasteiger partial charge >= 0.3 is 6.18 Å². The van der Waals surface area contributed by atoms with Crippen molar-refractivity contribution in [2.24, 2.45) is 0 Å². The lowest BCUT2D eigenvalue weighted by atomic mass is 9.99. The lowest BCUT2D eigenvalue weighted by Gasteiger charge is -2.09. The second kappa shape index (κ2) is 8.10. The van der Waals surface area contributed by atoms with Crippen LogP contribution in [0.4, 0.5) is 18.9 Å². The van der Waals surface area contributed by atoms with Crippen LogP contribution in [0.25, 0.3) is 21.9 Å². The standard InChI is InChI=1S/C21H15ClF3N3O/c1-4-13(11-15-7-10-17(26-3)18(22)12(15)2)19-27-28-20(29-19)14-5-8-16(9-6-14)21(23,24)25/h4-10H,11H2,1-2H3/b13-4+. The molecule has 4 nitrogen and oxygen atoms in total. The molecule has 0 aliphatic rings. The first-order chi connectivity index (χ1) is 13.7. The smallest absolute Gasteiger partial charge is 0.416 e. The van der Waals surface area contributed by atoms with Gasteiger partial charge in [0.1, 0.15) is 0 Å². The maximum absolute atomic E-state index is 12.7. The number of allylic oxidation sites excluding steroid dienone is 2. The molecule has 0 unspecified atom stereocenters. The fraction of sp³-hybridized carbons (Fsp3) is 0.190. The van der Waals surface area contributed by atoms with Crippen molar-refractivity contribution in [2.45, 2.75) is 26.4 Å². The van der Waals surface area contributed by atoms with Crippen LogP contribution in [-0.2, 0) is 12.6 Å². The molecule has 3 aromatic rings. The van der Waals surface area contributed by atoms with E-state index in [0.717, 1.165) is 28.8 Å². The molecule has 0 fully saturated rings. The highest BCUT2D eigenvalue weighted by Crippen LogP contribution is 2.34. The first kappa shape index (κ1) is 20.6. The van der Waals surface area contributed by atoms with Crippen LogP contribution in [0, 0.1) is 13.5 Å². The summed E-state index contributed by atoms with van der Waals surface area (Å²) in [6.45, 7) is 10.8. The minimum absolute atomic E-state index is 0.131. The van der Waals surface area contributed by atoms with Crippen LogP contribution in [0.3, 0.4) is 0 Å². The van der Waals surface area contributed by atoms with Crippen LogP contribution in [0.5, 0.6) is 0 Å². The van der Waals surface area contributed by atoms with Gasteiger partial charge in [-0.3, -0.25) is 0 Å². The second-order valence-corrected chi connectivity index (χ2v) is 6.65. The summed E-state index contributed by atoms with van der Waals surface area (Å²) in [6, 6.07) is 8.02. The summed E-state index contributed by atoms with van der Waals surface area (Å²) in [5, 5.41) is 8.39. The average Bonchev–Trinajstić information content (AvgIpc) is 3.18. The molecule has 0 saturated carbocycles. The first-order valence-electron chi connectivity index (χ1n) is 8.56. The summed E-state index contributed by atoms with van der Waals surface area (Å²) >= 11 is 6.24. The van der Waals surface area contributed by atoms with Crippen LogP contribution in [0.1, 0.15) is 29.5 Å². The summed E-state index contributed by atoms with van der Waals surface area (Å²) < 4.78 is 43.8. The maximum atomic E-state index is 12.7. The fourth-order valence-electron chi connectivity index (χ4n) is 2.77. The van der Waals surface area contributed by atoms with Gasteiger partial charge in [-0.1, -0.05) is 29.8 Å². The lowest BCUT2D eigenvalue weighted by molar-refractivity contribution is -0.137. The Morgan fingerprint density at radius 1 is 1.17 bits per heavy atom. The number of benzene rings is 2. The molecule has 29 heavy (non-hydrogen) atoms. The molecular weight excluding hydrogens is 403 g/mol. The molecule has 0 saturated heterocycles. The van der Waals surface area contributed by atoms with Crippen LogP contribution in [0.15, 0.2) is 46.9 Å². The third kappa shape index (κ3) is 4.33. The number of hydrogen-bond acceptors (Lipinski definition) is 3. The summed E-state index contributed by atoms with van der Waals surface area (Å²) in [6.07, 6.45) is -2.13. The Hall–Kier alpha value is -3.11. The van der Waals surface area contributed by atoms with Crippen molar-refractivity contribution in [3.05, 3.63) is 81.5 Å². The molecule has 0 atom stereocenters. The van der Waals surface area contributed by atoms with Gasteiger partial charge in [0.15, 0.2) is 0 Å². The quantitative estimate of drug-likeness (QED) is 0.433. The fourth-order valence-corrected chi connectivity index (χ4v) is 2.99. The van der Waals surface area contributed by atoms with Gasteiger partial charge in [0.2, 0.25) is 17.5 Å². The van der Waals surface area contributed by atoms with E-state index in [9.17, 15) is 13.2 Å². The molecule has 8 heteroatoms. The number of hydrogen-bond donors (Lipinski definition) is 0. The Bertz CT molecular complexity index is 1110. The predicted molar refractivity (Wildman–Crippen MR) is 105 cm³/mol. The molecule has 2 aromatic carbocycles. The van der Waals surface area contributed by atoms with Crippen molar-refractivity contribution in [3.8, 4) is 11.5 Å². The van der Waals surface area contributed by atoms with Gasteiger partial charge in [-0.25, -0.2) is 4.85 Å². The van der Waals surface area contributed by atoms with Crippen molar-refractivity contribution in [3.63, 3.8) is 0 Å². The SMILES string of the molecule is [C-]#[N+]c1ccc(C/C(=C\C)c2nnc(-c3ccc(C(F)(F)F)cc3)o2)c(C)c1Cl. The van der Waals surface area contributed by atoms with Crippen LogP contribution in [-0.4, -0.2) is 10.2 Å². The molecule has 0 radical (unpaired) electrons. The molecule has 0 aliphatic carbocycles. The van der Waals surface area contributed by atoms with Gasteiger partial charge in [-0.05, 0) is 49.2 Å². The highest BCUT2D eigenvalue weighted by molar-refractivity contribution is 6.34. The minimum atomic E-state index is -4.40. The summed E-state index contributed by atoms with van der Waals surface area (Å²) in [5.74, 6) is 0.401. The van der Waals surface area contributed by atoms with E-state index in [4.69, 9.17) is 22.6 Å². The third-order valence-corrected chi connectivity index (χ3v) is 4.96. The Balaban J connectivity index is 1.85. The van der Waals surface area contributed by atoms with Crippen LogP contribution < -0.4 is 0 Å². The number of alkyl halides is 3. The van der Waals surface area contributed by atoms with E-state index in [1.54, 1.807) is 6.07 Å². The number of nitrogens with zero attached hydrogens (tertiary/aromatic N) is 3. The topological polar surface area (TPSA) is 43.3 Å². The van der Waals surface area contributed by atoms with Gasteiger partial charge in [-0.15, -0.1) is 10.2 Å². The van der Waals surface area contributed by atoms with E-state index in [2.05, 4.69) is 15.0 Å². The lowest BCUT2D eigenvalue weighted by Crippen LogP contribution is -2.03. The molecule has 0 amide bonds. The predicted octanol–water partition coefficient (Wildman–Crippen LogP) is 6.91. The minimum Gasteiger partial charge on any atom is -0.416 e. The number of rotatable bonds is 4. The van der Waals surface area contributed by atoms with Gasteiger partial charge in [-0.2, -0.15) is 13.2 Å². The summed E-state index contributed by atoms with van der Waals surface area (Å²) in [4.78, 5) is 3.38. The van der Waals surface area contributed by atoms with Crippen molar-refractivity contribution in [1.29, 1.82) is 0 Å². The molecule has 0 spiro atoms. The summed E-state index contributed by atoms with van der Waals surface area (Å²) in [7, 11) is 0. The number of aromatic nitrogens is 2. The van der Waals surface area contributed by atoms with E-state index >= 15 is 0 Å². The molecular formula is C21H15ClF3N3O. The third-order valence-electron chi connectivity index (χ3n) is 4.49. The van der Waals surface area contributed by atoms with Crippen molar-refractivity contribution in [2.75, 3.05) is 0 Å². The van der Waals surface area contributed by atoms with E-state index < -0.39 is 11.7 Å². The van der Waals surface area contributed by atoms with Gasteiger partial charge in [0.25, 0.3) is 0 Å². The second-order valence-electron chi connectivity index (χ2n) is 6.27. The highest BCUT2D eigenvalue weighted by atomic mass is 35.5. The zero-order chi connectivity index (χ0) is 21.2. The van der Waals surface area contributed by atoms with E-state index in [1.807, 2.05) is 26.0 Å². The molecule has 0 aliphatic heterocycles.